The second kappa shape index (κ2) is 8.02. The summed E-state index contributed by atoms with van der Waals surface area (Å²) in [6.07, 6.45) is 4.58. The molecule has 0 fully saturated rings. The third-order valence-electron chi connectivity index (χ3n) is 3.82. The van der Waals surface area contributed by atoms with E-state index in [1.807, 2.05) is 48.5 Å². The summed E-state index contributed by atoms with van der Waals surface area (Å²) in [6, 6.07) is 14.9. The molecule has 0 saturated heterocycles. The van der Waals surface area contributed by atoms with Crippen LogP contribution in [0.15, 0.2) is 60.8 Å². The highest BCUT2D eigenvalue weighted by Crippen LogP contribution is 2.20. The van der Waals surface area contributed by atoms with Gasteiger partial charge in [0.2, 0.25) is 0 Å². The van der Waals surface area contributed by atoms with Crippen molar-refractivity contribution in [3.05, 3.63) is 77.5 Å². The Morgan fingerprint density at radius 3 is 2.73 bits per heavy atom. The van der Waals surface area contributed by atoms with Crippen molar-refractivity contribution in [3.63, 3.8) is 0 Å². The molecule has 0 radical (unpaired) electrons. The number of nitrogens with one attached hydrogen (secondary N) is 2. The molecule has 0 saturated carbocycles. The maximum absolute atomic E-state index is 11.7. The smallest absolute Gasteiger partial charge is 0.407 e. The number of hydrogen-bond acceptors (Lipinski definition) is 3. The molecule has 0 unspecified atom stereocenters. The number of ether oxygens (including phenoxy) is 1. The minimum absolute atomic E-state index is 0.221. The number of H-pyrrole nitrogens is 1. The fourth-order valence-corrected chi connectivity index (χ4v) is 2.53. The van der Waals surface area contributed by atoms with Gasteiger partial charge in [0.1, 0.15) is 6.61 Å². The first kappa shape index (κ1) is 17.3. The topological polar surface area (TPSA) is 91.4 Å². The van der Waals surface area contributed by atoms with Crippen molar-refractivity contribution in [3.8, 4) is 0 Å². The first-order valence-electron chi connectivity index (χ1n) is 8.09. The molecule has 3 aromatic rings. The Bertz CT molecular complexity index is 945. The lowest BCUT2D eigenvalue weighted by molar-refractivity contribution is 0.0699. The molecule has 0 aliphatic carbocycles. The Morgan fingerprint density at radius 1 is 1.15 bits per heavy atom. The maximum atomic E-state index is 11.7. The minimum atomic E-state index is -0.972. The number of aromatic amines is 1. The van der Waals surface area contributed by atoms with Crippen LogP contribution in [0.4, 0.5) is 4.79 Å². The fraction of sp³-hybridized carbons (Fsp3) is 0.100. The predicted octanol–water partition coefficient (Wildman–Crippen LogP) is 3.81. The average Bonchev–Trinajstić information content (AvgIpc) is 3.08. The molecule has 0 aliphatic rings. The number of carbonyl (C=O) groups is 2. The Hall–Kier alpha value is -3.54. The van der Waals surface area contributed by atoms with Crippen molar-refractivity contribution in [2.24, 2.45) is 0 Å². The third-order valence-corrected chi connectivity index (χ3v) is 3.82. The fourth-order valence-electron chi connectivity index (χ4n) is 2.53. The third kappa shape index (κ3) is 4.30. The molecule has 132 valence electrons. The second-order valence-corrected chi connectivity index (χ2v) is 5.66. The molecule has 1 aromatic heterocycles. The SMILES string of the molecule is O=C(NCC=Cc1ccc2[nH]cc(C(=O)O)c2c1)OCc1ccccc1. The van der Waals surface area contributed by atoms with Gasteiger partial charge < -0.3 is 20.1 Å². The van der Waals surface area contributed by atoms with E-state index in [4.69, 9.17) is 4.74 Å². The zero-order valence-corrected chi connectivity index (χ0v) is 13.9. The normalized spacial score (nSPS) is 10.9. The van der Waals surface area contributed by atoms with Crippen LogP contribution in [0, 0.1) is 0 Å². The molecule has 6 heteroatoms. The van der Waals surface area contributed by atoms with Gasteiger partial charge in [-0.15, -0.1) is 0 Å². The molecule has 6 nitrogen and oxygen atoms in total. The van der Waals surface area contributed by atoms with Gasteiger partial charge in [0.05, 0.1) is 5.56 Å². The number of amides is 1. The minimum Gasteiger partial charge on any atom is -0.478 e. The van der Waals surface area contributed by atoms with E-state index in [0.29, 0.717) is 11.9 Å². The largest absolute Gasteiger partial charge is 0.478 e. The van der Waals surface area contributed by atoms with Crippen LogP contribution in [0.3, 0.4) is 0 Å². The van der Waals surface area contributed by atoms with Gasteiger partial charge in [0, 0.05) is 23.6 Å². The Kier molecular flexibility index (Phi) is 5.34. The zero-order valence-electron chi connectivity index (χ0n) is 13.9. The zero-order chi connectivity index (χ0) is 18.4. The van der Waals surface area contributed by atoms with E-state index in [2.05, 4.69) is 10.3 Å². The number of fused-ring (bicyclic) bond motifs is 1. The summed E-state index contributed by atoms with van der Waals surface area (Å²) in [7, 11) is 0. The monoisotopic (exact) mass is 350 g/mol. The van der Waals surface area contributed by atoms with E-state index in [1.54, 1.807) is 12.1 Å². The van der Waals surface area contributed by atoms with Crippen LogP contribution >= 0.6 is 0 Å². The van der Waals surface area contributed by atoms with E-state index in [0.717, 1.165) is 16.6 Å². The van der Waals surface area contributed by atoms with E-state index in [1.165, 1.54) is 6.20 Å². The number of alkyl carbamates (subject to hydrolysis) is 1. The molecule has 1 heterocycles. The summed E-state index contributed by atoms with van der Waals surface area (Å²) in [5.74, 6) is -0.972. The van der Waals surface area contributed by atoms with Crippen LogP contribution < -0.4 is 5.32 Å². The van der Waals surface area contributed by atoms with Gasteiger partial charge in [0.15, 0.2) is 0 Å². The molecule has 26 heavy (non-hydrogen) atoms. The molecular formula is C20H18N2O4. The van der Waals surface area contributed by atoms with Gasteiger partial charge in [0.25, 0.3) is 0 Å². The maximum Gasteiger partial charge on any atom is 0.407 e. The van der Waals surface area contributed by atoms with Crippen molar-refractivity contribution in [1.82, 2.24) is 10.3 Å². The summed E-state index contributed by atoms with van der Waals surface area (Å²) in [6.45, 7) is 0.531. The Morgan fingerprint density at radius 2 is 1.96 bits per heavy atom. The number of aromatic nitrogens is 1. The first-order chi connectivity index (χ1) is 12.6. The molecule has 0 spiro atoms. The number of hydrogen-bond donors (Lipinski definition) is 3. The second-order valence-electron chi connectivity index (χ2n) is 5.66. The molecular weight excluding hydrogens is 332 g/mol. The van der Waals surface area contributed by atoms with Crippen molar-refractivity contribution in [2.45, 2.75) is 6.61 Å². The first-order valence-corrected chi connectivity index (χ1v) is 8.09. The summed E-state index contributed by atoms with van der Waals surface area (Å²) >= 11 is 0. The van der Waals surface area contributed by atoms with Gasteiger partial charge >= 0.3 is 12.1 Å². The van der Waals surface area contributed by atoms with Crippen molar-refractivity contribution >= 4 is 29.0 Å². The van der Waals surface area contributed by atoms with Crippen LogP contribution in [0.1, 0.15) is 21.5 Å². The van der Waals surface area contributed by atoms with E-state index < -0.39 is 12.1 Å². The van der Waals surface area contributed by atoms with Crippen molar-refractivity contribution < 1.29 is 19.4 Å². The van der Waals surface area contributed by atoms with Gasteiger partial charge in [-0.05, 0) is 23.3 Å². The Balaban J connectivity index is 1.52. The number of carboxylic acids is 1. The number of rotatable bonds is 6. The molecule has 1 amide bonds. The van der Waals surface area contributed by atoms with E-state index >= 15 is 0 Å². The number of carbonyl (C=O) groups excluding carboxylic acids is 1. The molecule has 0 atom stereocenters. The van der Waals surface area contributed by atoms with Crippen LogP contribution in [0.25, 0.3) is 17.0 Å². The highest BCUT2D eigenvalue weighted by Gasteiger charge is 2.10. The summed E-state index contributed by atoms with van der Waals surface area (Å²) < 4.78 is 5.12. The van der Waals surface area contributed by atoms with Gasteiger partial charge in [-0.1, -0.05) is 48.6 Å². The number of carboxylic acid groups (broad SMARTS) is 1. The lowest BCUT2D eigenvalue weighted by atomic mass is 10.1. The standard InChI is InChI=1S/C20H18N2O4/c23-19(24)17-12-22-18-9-8-14(11-16(17)18)7-4-10-21-20(25)26-13-15-5-2-1-3-6-15/h1-9,11-12,22H,10,13H2,(H,21,25)(H,23,24). The summed E-state index contributed by atoms with van der Waals surface area (Å²) in [5.41, 5.74) is 2.77. The summed E-state index contributed by atoms with van der Waals surface area (Å²) in [4.78, 5) is 25.8. The van der Waals surface area contributed by atoms with Gasteiger partial charge in [-0.2, -0.15) is 0 Å². The summed E-state index contributed by atoms with van der Waals surface area (Å²) in [5, 5.41) is 12.5. The van der Waals surface area contributed by atoms with Crippen molar-refractivity contribution in [1.29, 1.82) is 0 Å². The molecule has 2 aromatic carbocycles. The van der Waals surface area contributed by atoms with Crippen LogP contribution in [0.2, 0.25) is 0 Å². The van der Waals surface area contributed by atoms with Crippen molar-refractivity contribution in [2.75, 3.05) is 6.54 Å². The molecule has 0 bridgehead atoms. The van der Waals surface area contributed by atoms with E-state index in [-0.39, 0.29) is 12.2 Å². The van der Waals surface area contributed by atoms with Crippen LogP contribution in [0.5, 0.6) is 0 Å². The lowest BCUT2D eigenvalue weighted by Crippen LogP contribution is -2.24. The van der Waals surface area contributed by atoms with Crippen LogP contribution in [-0.4, -0.2) is 28.7 Å². The van der Waals surface area contributed by atoms with Gasteiger partial charge in [-0.25, -0.2) is 9.59 Å². The Labute approximate surface area is 150 Å². The van der Waals surface area contributed by atoms with Gasteiger partial charge in [-0.3, -0.25) is 0 Å². The highest BCUT2D eigenvalue weighted by atomic mass is 16.5. The quantitative estimate of drug-likeness (QED) is 0.630. The van der Waals surface area contributed by atoms with Crippen LogP contribution in [-0.2, 0) is 11.3 Å². The average molecular weight is 350 g/mol. The molecule has 3 rings (SSSR count). The number of aromatic carboxylic acids is 1. The highest BCUT2D eigenvalue weighted by molar-refractivity contribution is 6.03. The molecule has 0 aliphatic heterocycles. The number of benzene rings is 2. The predicted molar refractivity (Wildman–Crippen MR) is 98.9 cm³/mol. The van der Waals surface area contributed by atoms with E-state index in [9.17, 15) is 14.7 Å². The lowest BCUT2D eigenvalue weighted by Gasteiger charge is -2.05. The molecule has 3 N–H and O–H groups in total.